The highest BCUT2D eigenvalue weighted by Crippen LogP contribution is 2.30. The van der Waals surface area contributed by atoms with E-state index < -0.39 is 0 Å². The number of rotatable bonds is 2. The molecular formula is C13H13BrN4O2. The summed E-state index contributed by atoms with van der Waals surface area (Å²) in [5, 5.41) is 3.88. The maximum atomic E-state index is 12.7. The highest BCUT2D eigenvalue weighted by Gasteiger charge is 2.32. The van der Waals surface area contributed by atoms with Crippen molar-refractivity contribution < 1.29 is 9.32 Å². The molecule has 1 saturated heterocycles. The molecule has 3 rings (SSSR count). The van der Waals surface area contributed by atoms with Crippen LogP contribution in [-0.4, -0.2) is 32.5 Å². The van der Waals surface area contributed by atoms with E-state index in [1.165, 1.54) is 6.39 Å². The van der Waals surface area contributed by atoms with Crippen LogP contribution in [0.15, 0.2) is 33.7 Å². The van der Waals surface area contributed by atoms with Crippen molar-refractivity contribution in [1.82, 2.24) is 20.0 Å². The molecule has 0 aliphatic carbocycles. The molecule has 1 aliphatic rings. The van der Waals surface area contributed by atoms with Crippen molar-refractivity contribution in [1.29, 1.82) is 0 Å². The summed E-state index contributed by atoms with van der Waals surface area (Å²) in [5.41, 5.74) is 0.419. The minimum atomic E-state index is -0.135. The third kappa shape index (κ3) is 2.45. The van der Waals surface area contributed by atoms with E-state index in [2.05, 4.69) is 31.1 Å². The smallest absolute Gasteiger partial charge is 0.274 e. The molecule has 0 bridgehead atoms. The summed E-state index contributed by atoms with van der Waals surface area (Å²) in [7, 11) is 0. The first kappa shape index (κ1) is 13.2. The number of aromatic nitrogens is 3. The zero-order valence-electron chi connectivity index (χ0n) is 10.7. The van der Waals surface area contributed by atoms with E-state index in [0.29, 0.717) is 22.5 Å². The van der Waals surface area contributed by atoms with Crippen molar-refractivity contribution in [2.24, 2.45) is 0 Å². The lowest BCUT2D eigenvalue weighted by molar-refractivity contribution is 0.0589. The minimum absolute atomic E-state index is 0.105. The number of halogens is 1. The molecular weight excluding hydrogens is 324 g/mol. The third-order valence-corrected chi connectivity index (χ3v) is 4.04. The molecule has 0 saturated carbocycles. The molecule has 1 amide bonds. The molecule has 3 heterocycles. The predicted molar refractivity (Wildman–Crippen MR) is 73.9 cm³/mol. The van der Waals surface area contributed by atoms with Crippen molar-refractivity contribution in [2.45, 2.75) is 25.3 Å². The molecule has 6 nitrogen and oxygen atoms in total. The molecule has 7 heteroatoms. The van der Waals surface area contributed by atoms with E-state index in [-0.39, 0.29) is 11.9 Å². The van der Waals surface area contributed by atoms with E-state index in [1.54, 1.807) is 17.2 Å². The van der Waals surface area contributed by atoms with Crippen LogP contribution >= 0.6 is 15.9 Å². The van der Waals surface area contributed by atoms with Gasteiger partial charge in [-0.25, -0.2) is 4.98 Å². The fourth-order valence-electron chi connectivity index (χ4n) is 2.45. The van der Waals surface area contributed by atoms with Gasteiger partial charge < -0.3 is 9.42 Å². The lowest BCUT2D eigenvalue weighted by Gasteiger charge is -2.33. The molecule has 1 atom stereocenters. The first-order chi connectivity index (χ1) is 9.77. The van der Waals surface area contributed by atoms with Gasteiger partial charge in [0, 0.05) is 17.2 Å². The molecule has 0 aromatic carbocycles. The van der Waals surface area contributed by atoms with Crippen LogP contribution in [0.1, 0.15) is 41.6 Å². The van der Waals surface area contributed by atoms with E-state index in [4.69, 9.17) is 4.52 Å². The highest BCUT2D eigenvalue weighted by atomic mass is 79.9. The third-order valence-electron chi connectivity index (χ3n) is 3.40. The Bertz CT molecular complexity index is 602. The Labute approximate surface area is 124 Å². The van der Waals surface area contributed by atoms with Crippen LogP contribution in [-0.2, 0) is 0 Å². The summed E-state index contributed by atoms with van der Waals surface area (Å²) in [6, 6.07) is 3.46. The van der Waals surface area contributed by atoms with Gasteiger partial charge in [0.05, 0.1) is 6.04 Å². The number of piperidine rings is 1. The van der Waals surface area contributed by atoms with Gasteiger partial charge in [0.25, 0.3) is 5.91 Å². The van der Waals surface area contributed by atoms with Gasteiger partial charge in [-0.3, -0.25) is 4.79 Å². The molecule has 2 aromatic heterocycles. The fourth-order valence-corrected chi connectivity index (χ4v) is 2.87. The zero-order valence-corrected chi connectivity index (χ0v) is 12.3. The number of hydrogen-bond acceptors (Lipinski definition) is 5. The Morgan fingerprint density at radius 1 is 1.40 bits per heavy atom. The van der Waals surface area contributed by atoms with Gasteiger partial charge in [0.1, 0.15) is 5.69 Å². The maximum Gasteiger partial charge on any atom is 0.274 e. The van der Waals surface area contributed by atoms with Crippen molar-refractivity contribution in [3.63, 3.8) is 0 Å². The Kier molecular flexibility index (Phi) is 3.77. The second-order valence-corrected chi connectivity index (χ2v) is 5.49. The largest absolute Gasteiger partial charge is 0.343 e. The first-order valence-electron chi connectivity index (χ1n) is 6.45. The van der Waals surface area contributed by atoms with Gasteiger partial charge in [-0.1, -0.05) is 5.16 Å². The highest BCUT2D eigenvalue weighted by molar-refractivity contribution is 9.10. The maximum absolute atomic E-state index is 12.7. The van der Waals surface area contributed by atoms with E-state index in [0.717, 1.165) is 19.3 Å². The van der Waals surface area contributed by atoms with Gasteiger partial charge in [0.15, 0.2) is 5.82 Å². The van der Waals surface area contributed by atoms with Gasteiger partial charge in [-0.2, -0.15) is 4.98 Å². The molecule has 104 valence electrons. The Morgan fingerprint density at radius 2 is 2.30 bits per heavy atom. The summed E-state index contributed by atoms with van der Waals surface area (Å²) in [6.07, 6.45) is 5.78. The molecule has 0 unspecified atom stereocenters. The van der Waals surface area contributed by atoms with E-state index >= 15 is 0 Å². The Hall–Kier alpha value is -1.76. The average molecular weight is 337 g/mol. The number of likely N-dealkylation sites (tertiary alicyclic amines) is 1. The average Bonchev–Trinajstić information content (AvgIpc) is 3.01. The summed E-state index contributed by atoms with van der Waals surface area (Å²) in [4.78, 5) is 22.7. The summed E-state index contributed by atoms with van der Waals surface area (Å²) < 4.78 is 5.50. The van der Waals surface area contributed by atoms with Crippen molar-refractivity contribution in [3.8, 4) is 0 Å². The number of amides is 1. The second-order valence-electron chi connectivity index (χ2n) is 4.63. The number of carbonyl (C=O) groups is 1. The SMILES string of the molecule is O=C(c1ncccc1Br)N1CCCC[C@H]1c1ncon1. The first-order valence-corrected chi connectivity index (χ1v) is 7.24. The number of carbonyl (C=O) groups excluding carboxylic acids is 1. The monoisotopic (exact) mass is 336 g/mol. The molecule has 2 aromatic rings. The second kappa shape index (κ2) is 5.70. The Balaban J connectivity index is 1.90. The van der Waals surface area contributed by atoms with Crippen LogP contribution in [0.4, 0.5) is 0 Å². The van der Waals surface area contributed by atoms with Crippen LogP contribution < -0.4 is 0 Å². The van der Waals surface area contributed by atoms with Gasteiger partial charge in [0.2, 0.25) is 6.39 Å². The Morgan fingerprint density at radius 3 is 3.05 bits per heavy atom. The van der Waals surface area contributed by atoms with Crippen LogP contribution in [0.5, 0.6) is 0 Å². The van der Waals surface area contributed by atoms with Crippen LogP contribution in [0, 0.1) is 0 Å². The summed E-state index contributed by atoms with van der Waals surface area (Å²) in [5.74, 6) is 0.456. The summed E-state index contributed by atoms with van der Waals surface area (Å²) >= 11 is 3.37. The van der Waals surface area contributed by atoms with E-state index in [9.17, 15) is 4.79 Å². The van der Waals surface area contributed by atoms with E-state index in [1.807, 2.05) is 6.07 Å². The standard InChI is InChI=1S/C13H13BrN4O2/c14-9-4-3-6-15-11(9)13(19)18-7-2-1-5-10(18)12-16-8-20-17-12/h3-4,6,8,10H,1-2,5,7H2/t10-/m0/s1. The molecule has 0 N–H and O–H groups in total. The molecule has 1 aliphatic heterocycles. The van der Waals surface area contributed by atoms with Crippen molar-refractivity contribution in [3.05, 3.63) is 40.7 Å². The fraction of sp³-hybridized carbons (Fsp3) is 0.385. The normalized spacial score (nSPS) is 19.1. The van der Waals surface area contributed by atoms with Gasteiger partial charge in [-0.05, 0) is 47.3 Å². The van der Waals surface area contributed by atoms with Crippen molar-refractivity contribution in [2.75, 3.05) is 6.54 Å². The van der Waals surface area contributed by atoms with Gasteiger partial charge in [-0.15, -0.1) is 0 Å². The minimum Gasteiger partial charge on any atom is -0.343 e. The zero-order chi connectivity index (χ0) is 13.9. The quantitative estimate of drug-likeness (QED) is 0.842. The molecule has 1 fully saturated rings. The molecule has 0 spiro atoms. The van der Waals surface area contributed by atoms with Crippen LogP contribution in [0.2, 0.25) is 0 Å². The van der Waals surface area contributed by atoms with Gasteiger partial charge >= 0.3 is 0 Å². The van der Waals surface area contributed by atoms with Crippen molar-refractivity contribution >= 4 is 21.8 Å². The molecule has 0 radical (unpaired) electrons. The predicted octanol–water partition coefficient (Wildman–Crippen LogP) is 2.59. The topological polar surface area (TPSA) is 72.1 Å². The number of nitrogens with zero attached hydrogens (tertiary/aromatic N) is 4. The van der Waals surface area contributed by atoms with Crippen LogP contribution in [0.25, 0.3) is 0 Å². The van der Waals surface area contributed by atoms with Crippen LogP contribution in [0.3, 0.4) is 0 Å². The lowest BCUT2D eigenvalue weighted by Crippen LogP contribution is -2.39. The number of pyridine rings is 1. The summed E-state index contributed by atoms with van der Waals surface area (Å²) in [6.45, 7) is 0.682. The number of hydrogen-bond donors (Lipinski definition) is 0. The molecule has 20 heavy (non-hydrogen) atoms. The lowest BCUT2D eigenvalue weighted by atomic mass is 10.0.